The van der Waals surface area contributed by atoms with Crippen LogP contribution in [0.2, 0.25) is 0 Å². The van der Waals surface area contributed by atoms with E-state index in [4.69, 9.17) is 15.2 Å². The van der Waals surface area contributed by atoms with Crippen molar-refractivity contribution in [1.29, 1.82) is 0 Å². The highest BCUT2D eigenvalue weighted by Crippen LogP contribution is 2.35. The molecule has 1 fully saturated rings. The van der Waals surface area contributed by atoms with Gasteiger partial charge in [-0.25, -0.2) is 0 Å². The molecule has 1 rings (SSSR count). The molecule has 1 unspecified atom stereocenters. The van der Waals surface area contributed by atoms with Crippen LogP contribution in [0, 0.1) is 0 Å². The molecular weight excluding hydrogens is 216 g/mol. The lowest BCUT2D eigenvalue weighted by Gasteiger charge is -2.42. The van der Waals surface area contributed by atoms with Gasteiger partial charge in [0.2, 0.25) is 0 Å². The summed E-state index contributed by atoms with van der Waals surface area (Å²) in [5.41, 5.74) is 5.99. The van der Waals surface area contributed by atoms with Crippen LogP contribution < -0.4 is 5.73 Å². The molecule has 0 saturated heterocycles. The molecule has 0 aromatic rings. The zero-order valence-corrected chi connectivity index (χ0v) is 11.7. The first kappa shape index (κ1) is 14.9. The minimum absolute atomic E-state index is 0.0200. The number of nitrogens with zero attached hydrogens (tertiary/aromatic N) is 1. The summed E-state index contributed by atoms with van der Waals surface area (Å²) in [6, 6.07) is 0.720. The van der Waals surface area contributed by atoms with E-state index in [9.17, 15) is 0 Å². The van der Waals surface area contributed by atoms with E-state index in [0.29, 0.717) is 6.54 Å². The molecule has 0 aliphatic heterocycles. The summed E-state index contributed by atoms with van der Waals surface area (Å²) >= 11 is 0. The SMILES string of the molecule is CCCN(C1CC1)C(C)(CN)CC(OC)OC. The average molecular weight is 244 g/mol. The van der Waals surface area contributed by atoms with Crippen molar-refractivity contribution in [1.82, 2.24) is 4.90 Å². The van der Waals surface area contributed by atoms with Crippen LogP contribution in [0.25, 0.3) is 0 Å². The van der Waals surface area contributed by atoms with E-state index in [1.807, 2.05) is 0 Å². The molecule has 1 atom stereocenters. The highest BCUT2D eigenvalue weighted by atomic mass is 16.7. The van der Waals surface area contributed by atoms with Gasteiger partial charge in [0.15, 0.2) is 6.29 Å². The Hall–Kier alpha value is -0.160. The fourth-order valence-corrected chi connectivity index (χ4v) is 2.46. The molecule has 4 nitrogen and oxygen atoms in total. The Kier molecular flexibility index (Phi) is 5.86. The maximum absolute atomic E-state index is 6.01. The molecule has 0 aromatic heterocycles. The third kappa shape index (κ3) is 3.91. The first-order chi connectivity index (χ1) is 8.11. The molecule has 1 saturated carbocycles. The van der Waals surface area contributed by atoms with Crippen molar-refractivity contribution in [2.75, 3.05) is 27.3 Å². The van der Waals surface area contributed by atoms with Gasteiger partial charge in [-0.3, -0.25) is 4.90 Å². The standard InChI is InChI=1S/C13H28N2O2/c1-5-8-15(11-6-7-11)13(2,10-14)9-12(16-3)17-4/h11-12H,5-10,14H2,1-4H3. The molecule has 0 aromatic carbocycles. The number of nitrogens with two attached hydrogens (primary N) is 1. The summed E-state index contributed by atoms with van der Waals surface area (Å²) in [5.74, 6) is 0. The molecule has 0 amide bonds. The maximum Gasteiger partial charge on any atom is 0.158 e. The Morgan fingerprint density at radius 3 is 2.29 bits per heavy atom. The highest BCUT2D eigenvalue weighted by Gasteiger charge is 2.41. The van der Waals surface area contributed by atoms with Crippen LogP contribution in [0.1, 0.15) is 39.5 Å². The van der Waals surface area contributed by atoms with E-state index in [1.54, 1.807) is 14.2 Å². The lowest BCUT2D eigenvalue weighted by atomic mass is 9.94. The van der Waals surface area contributed by atoms with Gasteiger partial charge in [0, 0.05) is 38.8 Å². The van der Waals surface area contributed by atoms with E-state index in [1.165, 1.54) is 12.8 Å². The van der Waals surface area contributed by atoms with Gasteiger partial charge < -0.3 is 15.2 Å². The van der Waals surface area contributed by atoms with Crippen molar-refractivity contribution in [3.8, 4) is 0 Å². The first-order valence-electron chi connectivity index (χ1n) is 6.63. The van der Waals surface area contributed by atoms with Crippen LogP contribution in [-0.4, -0.2) is 50.1 Å². The zero-order valence-electron chi connectivity index (χ0n) is 11.7. The average Bonchev–Trinajstić information content (AvgIpc) is 3.16. The van der Waals surface area contributed by atoms with Crippen molar-refractivity contribution in [2.45, 2.75) is 57.4 Å². The number of hydrogen-bond donors (Lipinski definition) is 1. The fraction of sp³-hybridized carbons (Fsp3) is 1.00. The Bertz CT molecular complexity index is 217. The molecule has 1 aliphatic rings. The van der Waals surface area contributed by atoms with E-state index in [0.717, 1.165) is 25.4 Å². The fourth-order valence-electron chi connectivity index (χ4n) is 2.46. The topological polar surface area (TPSA) is 47.7 Å². The number of hydrogen-bond acceptors (Lipinski definition) is 4. The van der Waals surface area contributed by atoms with Crippen LogP contribution in [0.3, 0.4) is 0 Å². The number of ether oxygens (including phenoxy) is 2. The summed E-state index contributed by atoms with van der Waals surface area (Å²) in [4.78, 5) is 2.55. The van der Waals surface area contributed by atoms with Crippen LogP contribution in [-0.2, 0) is 9.47 Å². The highest BCUT2D eigenvalue weighted by molar-refractivity contribution is 4.97. The second-order valence-electron chi connectivity index (χ2n) is 5.23. The quantitative estimate of drug-likeness (QED) is 0.626. The summed E-state index contributed by atoms with van der Waals surface area (Å²) < 4.78 is 10.6. The molecule has 4 heteroatoms. The Balaban J connectivity index is 2.68. The summed E-state index contributed by atoms with van der Waals surface area (Å²) in [5, 5.41) is 0. The number of methoxy groups -OCH3 is 2. The second kappa shape index (κ2) is 6.69. The normalized spacial score (nSPS) is 19.9. The molecule has 0 spiro atoms. The van der Waals surface area contributed by atoms with Crippen molar-refractivity contribution < 1.29 is 9.47 Å². The second-order valence-corrected chi connectivity index (χ2v) is 5.23. The van der Waals surface area contributed by atoms with E-state index in [-0.39, 0.29) is 11.8 Å². The van der Waals surface area contributed by atoms with Crippen LogP contribution in [0.5, 0.6) is 0 Å². The first-order valence-corrected chi connectivity index (χ1v) is 6.63. The summed E-state index contributed by atoms with van der Waals surface area (Å²) in [6.45, 7) is 6.20. The van der Waals surface area contributed by atoms with Crippen molar-refractivity contribution in [2.24, 2.45) is 5.73 Å². The summed E-state index contributed by atoms with van der Waals surface area (Å²) in [7, 11) is 3.37. The van der Waals surface area contributed by atoms with Gasteiger partial charge in [-0.2, -0.15) is 0 Å². The molecule has 0 bridgehead atoms. The summed E-state index contributed by atoms with van der Waals surface area (Å²) in [6.07, 6.45) is 4.44. The van der Waals surface area contributed by atoms with E-state index < -0.39 is 0 Å². The molecule has 2 N–H and O–H groups in total. The molecule has 1 aliphatic carbocycles. The van der Waals surface area contributed by atoms with Gasteiger partial charge in [0.05, 0.1) is 0 Å². The lowest BCUT2D eigenvalue weighted by Crippen LogP contribution is -2.55. The minimum atomic E-state index is -0.165. The lowest BCUT2D eigenvalue weighted by molar-refractivity contribution is -0.129. The van der Waals surface area contributed by atoms with Gasteiger partial charge in [-0.05, 0) is 32.7 Å². The predicted octanol–water partition coefficient (Wildman–Crippen LogP) is 1.59. The maximum atomic E-state index is 6.01. The van der Waals surface area contributed by atoms with Gasteiger partial charge in [-0.15, -0.1) is 0 Å². The Labute approximate surface area is 105 Å². The molecular formula is C13H28N2O2. The van der Waals surface area contributed by atoms with Gasteiger partial charge in [0.25, 0.3) is 0 Å². The molecule has 0 heterocycles. The van der Waals surface area contributed by atoms with Crippen molar-refractivity contribution >= 4 is 0 Å². The van der Waals surface area contributed by atoms with E-state index >= 15 is 0 Å². The van der Waals surface area contributed by atoms with Crippen LogP contribution in [0.15, 0.2) is 0 Å². The smallest absolute Gasteiger partial charge is 0.158 e. The molecule has 102 valence electrons. The third-order valence-corrected chi connectivity index (χ3v) is 3.72. The van der Waals surface area contributed by atoms with Gasteiger partial charge in [-0.1, -0.05) is 6.92 Å². The van der Waals surface area contributed by atoms with Crippen molar-refractivity contribution in [3.63, 3.8) is 0 Å². The Morgan fingerprint density at radius 2 is 1.94 bits per heavy atom. The predicted molar refractivity (Wildman–Crippen MR) is 69.9 cm³/mol. The number of rotatable bonds is 9. The molecule has 17 heavy (non-hydrogen) atoms. The monoisotopic (exact) mass is 244 g/mol. The Morgan fingerprint density at radius 1 is 1.35 bits per heavy atom. The zero-order chi connectivity index (χ0) is 12.9. The minimum Gasteiger partial charge on any atom is -0.356 e. The van der Waals surface area contributed by atoms with Crippen LogP contribution >= 0.6 is 0 Å². The molecule has 0 radical (unpaired) electrons. The van der Waals surface area contributed by atoms with E-state index in [2.05, 4.69) is 18.7 Å². The van der Waals surface area contributed by atoms with Gasteiger partial charge in [0.1, 0.15) is 0 Å². The van der Waals surface area contributed by atoms with Gasteiger partial charge >= 0.3 is 0 Å². The van der Waals surface area contributed by atoms with Crippen molar-refractivity contribution in [3.05, 3.63) is 0 Å². The largest absolute Gasteiger partial charge is 0.356 e. The third-order valence-electron chi connectivity index (χ3n) is 3.72. The van der Waals surface area contributed by atoms with Crippen LogP contribution in [0.4, 0.5) is 0 Å².